The van der Waals surface area contributed by atoms with Crippen molar-refractivity contribution in [2.24, 2.45) is 0 Å². The Hall–Kier alpha value is -1.79. The monoisotopic (exact) mass is 407 g/mol. The van der Waals surface area contributed by atoms with Crippen LogP contribution < -0.4 is 9.47 Å². The fourth-order valence-corrected chi connectivity index (χ4v) is 3.70. The molecule has 6 heteroatoms. The number of amides is 1. The predicted octanol–water partition coefficient (Wildman–Crippen LogP) is 4.04. The molecule has 1 aliphatic heterocycles. The molecule has 0 saturated heterocycles. The first-order valence-electron chi connectivity index (χ1n) is 7.66. The fraction of sp³-hybridized carbons (Fsp3) is 0.278. The zero-order chi connectivity index (χ0) is 16.9. The third kappa shape index (κ3) is 3.99. The second-order valence-corrected chi connectivity index (χ2v) is 7.29. The molecule has 0 radical (unpaired) electrons. The highest BCUT2D eigenvalue weighted by atomic mass is 79.9. The number of halogens is 1. The Morgan fingerprint density at radius 2 is 2.08 bits per heavy atom. The highest BCUT2D eigenvalue weighted by Gasteiger charge is 2.19. The molecule has 3 rings (SSSR count). The molecule has 0 aliphatic carbocycles. The number of ether oxygens (including phenoxy) is 2. The Morgan fingerprint density at radius 3 is 2.75 bits per heavy atom. The highest BCUT2D eigenvalue weighted by Crippen LogP contribution is 2.35. The number of carbonyl (C=O) groups is 1. The third-order valence-corrected chi connectivity index (χ3v) is 5.28. The second-order valence-electron chi connectivity index (χ2n) is 5.41. The highest BCUT2D eigenvalue weighted by molar-refractivity contribution is 9.10. The maximum atomic E-state index is 12.7. The smallest absolute Gasteiger partial charge is 0.227 e. The van der Waals surface area contributed by atoms with Gasteiger partial charge in [-0.15, -0.1) is 17.9 Å². The number of fused-ring (bicyclic) bond motifs is 1. The lowest BCUT2D eigenvalue weighted by Gasteiger charge is -2.22. The summed E-state index contributed by atoms with van der Waals surface area (Å²) < 4.78 is 12.0. The van der Waals surface area contributed by atoms with E-state index < -0.39 is 0 Å². The van der Waals surface area contributed by atoms with Crippen LogP contribution in [-0.4, -0.2) is 30.6 Å². The van der Waals surface area contributed by atoms with Crippen LogP contribution in [0.5, 0.6) is 11.5 Å². The fourth-order valence-electron chi connectivity index (χ4n) is 2.52. The molecule has 1 amide bonds. The minimum Gasteiger partial charge on any atom is -0.486 e. The van der Waals surface area contributed by atoms with Crippen molar-refractivity contribution in [1.29, 1.82) is 0 Å². The van der Waals surface area contributed by atoms with Gasteiger partial charge in [0.25, 0.3) is 0 Å². The Labute approximate surface area is 153 Å². The van der Waals surface area contributed by atoms with E-state index in [4.69, 9.17) is 9.47 Å². The maximum absolute atomic E-state index is 12.7. The van der Waals surface area contributed by atoms with Crippen LogP contribution >= 0.6 is 27.3 Å². The van der Waals surface area contributed by atoms with E-state index in [2.05, 4.69) is 22.5 Å². The van der Waals surface area contributed by atoms with Gasteiger partial charge in [-0.3, -0.25) is 4.79 Å². The van der Waals surface area contributed by atoms with Gasteiger partial charge in [-0.1, -0.05) is 28.1 Å². The van der Waals surface area contributed by atoms with Gasteiger partial charge in [-0.2, -0.15) is 0 Å². The third-order valence-electron chi connectivity index (χ3n) is 3.68. The summed E-state index contributed by atoms with van der Waals surface area (Å²) in [5, 5.41) is 2.02. The lowest BCUT2D eigenvalue weighted by atomic mass is 10.1. The van der Waals surface area contributed by atoms with Gasteiger partial charge >= 0.3 is 0 Å². The molecule has 126 valence electrons. The van der Waals surface area contributed by atoms with E-state index in [1.54, 1.807) is 17.4 Å². The molecule has 1 aromatic carbocycles. The molecule has 4 nitrogen and oxygen atoms in total. The minimum atomic E-state index is 0.0562. The maximum Gasteiger partial charge on any atom is 0.227 e. The molecule has 1 aliphatic rings. The first-order chi connectivity index (χ1) is 11.7. The van der Waals surface area contributed by atoms with Crippen LogP contribution in [0.2, 0.25) is 0 Å². The van der Waals surface area contributed by atoms with Crippen LogP contribution in [0.4, 0.5) is 0 Å². The number of rotatable bonds is 6. The Morgan fingerprint density at radius 1 is 1.33 bits per heavy atom. The molecule has 0 spiro atoms. The zero-order valence-corrected chi connectivity index (χ0v) is 15.6. The van der Waals surface area contributed by atoms with Crippen LogP contribution in [-0.2, 0) is 17.8 Å². The van der Waals surface area contributed by atoms with Crippen molar-refractivity contribution in [3.63, 3.8) is 0 Å². The molecule has 0 N–H and O–H groups in total. The first-order valence-corrected chi connectivity index (χ1v) is 9.33. The van der Waals surface area contributed by atoms with Gasteiger partial charge in [-0.25, -0.2) is 0 Å². The van der Waals surface area contributed by atoms with Crippen LogP contribution in [0, 0.1) is 0 Å². The number of hydrogen-bond acceptors (Lipinski definition) is 4. The zero-order valence-electron chi connectivity index (χ0n) is 13.2. The van der Waals surface area contributed by atoms with Crippen molar-refractivity contribution < 1.29 is 14.3 Å². The van der Waals surface area contributed by atoms with Gasteiger partial charge < -0.3 is 14.4 Å². The van der Waals surface area contributed by atoms with Gasteiger partial charge in [0.1, 0.15) is 13.2 Å². The molecule has 0 atom stereocenters. The average molecular weight is 408 g/mol. The number of benzene rings is 1. The van der Waals surface area contributed by atoms with E-state index >= 15 is 0 Å². The predicted molar refractivity (Wildman–Crippen MR) is 98.8 cm³/mol. The summed E-state index contributed by atoms with van der Waals surface area (Å²) in [5.41, 5.74) is 0.893. The standard InChI is InChI=1S/C18H18BrNO3S/c1-2-5-20(12-14-4-3-8-24-14)18(21)10-13-9-16-17(11-15(13)19)23-7-6-22-16/h2-4,8-9,11H,1,5-7,10,12H2. The van der Waals surface area contributed by atoms with Crippen LogP contribution in [0.15, 0.2) is 46.8 Å². The van der Waals surface area contributed by atoms with Crippen LogP contribution in [0.1, 0.15) is 10.4 Å². The van der Waals surface area contributed by atoms with E-state index in [9.17, 15) is 4.79 Å². The number of carbonyl (C=O) groups excluding carboxylic acids is 1. The van der Waals surface area contributed by atoms with E-state index in [-0.39, 0.29) is 5.91 Å². The summed E-state index contributed by atoms with van der Waals surface area (Å²) in [6.07, 6.45) is 2.06. The molecule has 1 aromatic heterocycles. The SMILES string of the molecule is C=CCN(Cc1cccs1)C(=O)Cc1cc2c(cc1Br)OCCO2. The van der Waals surface area contributed by atoms with Crippen molar-refractivity contribution in [2.45, 2.75) is 13.0 Å². The molecule has 0 bridgehead atoms. The van der Waals surface area contributed by atoms with E-state index in [1.165, 1.54) is 0 Å². The lowest BCUT2D eigenvalue weighted by Crippen LogP contribution is -2.31. The average Bonchev–Trinajstić information content (AvgIpc) is 3.08. The van der Waals surface area contributed by atoms with Gasteiger partial charge in [0.05, 0.1) is 13.0 Å². The molecule has 0 fully saturated rings. The summed E-state index contributed by atoms with van der Waals surface area (Å²) in [5.74, 6) is 1.47. The van der Waals surface area contributed by atoms with Crippen molar-refractivity contribution in [2.75, 3.05) is 19.8 Å². The van der Waals surface area contributed by atoms with Gasteiger partial charge in [0.2, 0.25) is 5.91 Å². The summed E-state index contributed by atoms with van der Waals surface area (Å²) >= 11 is 5.18. The number of thiophene rings is 1. The van der Waals surface area contributed by atoms with Crippen molar-refractivity contribution in [1.82, 2.24) is 4.90 Å². The summed E-state index contributed by atoms with van der Waals surface area (Å²) in [4.78, 5) is 15.7. The molecular formula is C18H18BrNO3S. The quantitative estimate of drug-likeness (QED) is 0.678. The topological polar surface area (TPSA) is 38.8 Å². The van der Waals surface area contributed by atoms with Crippen molar-refractivity contribution >= 4 is 33.2 Å². The van der Waals surface area contributed by atoms with E-state index in [0.29, 0.717) is 44.2 Å². The minimum absolute atomic E-state index is 0.0562. The molecule has 0 saturated carbocycles. The van der Waals surface area contributed by atoms with Crippen molar-refractivity contribution in [3.05, 3.63) is 57.2 Å². The molecule has 0 unspecified atom stereocenters. The summed E-state index contributed by atoms with van der Waals surface area (Å²) in [6, 6.07) is 7.78. The number of nitrogens with zero attached hydrogens (tertiary/aromatic N) is 1. The van der Waals surface area contributed by atoms with Gasteiger partial charge in [-0.05, 0) is 29.1 Å². The first kappa shape index (κ1) is 17.0. The number of hydrogen-bond donors (Lipinski definition) is 0. The summed E-state index contributed by atoms with van der Waals surface area (Å²) in [7, 11) is 0. The van der Waals surface area contributed by atoms with Crippen LogP contribution in [0.3, 0.4) is 0 Å². The molecule has 24 heavy (non-hydrogen) atoms. The molecule has 2 heterocycles. The molecular weight excluding hydrogens is 390 g/mol. The Balaban J connectivity index is 1.75. The van der Waals surface area contributed by atoms with Crippen molar-refractivity contribution in [3.8, 4) is 11.5 Å². The van der Waals surface area contributed by atoms with Crippen LogP contribution in [0.25, 0.3) is 0 Å². The normalized spacial score (nSPS) is 12.7. The van der Waals surface area contributed by atoms with E-state index in [0.717, 1.165) is 14.9 Å². The van der Waals surface area contributed by atoms with E-state index in [1.807, 2.05) is 34.5 Å². The largest absolute Gasteiger partial charge is 0.486 e. The summed E-state index contributed by atoms with van der Waals surface area (Å²) in [6.45, 7) is 5.96. The second kappa shape index (κ2) is 7.85. The lowest BCUT2D eigenvalue weighted by molar-refractivity contribution is -0.130. The van der Waals surface area contributed by atoms with Gasteiger partial charge in [0, 0.05) is 15.9 Å². The van der Waals surface area contributed by atoms with Gasteiger partial charge in [0.15, 0.2) is 11.5 Å². The Bertz CT molecular complexity index is 730. The molecule has 2 aromatic rings. The Kier molecular flexibility index (Phi) is 5.58.